The van der Waals surface area contributed by atoms with Gasteiger partial charge in [-0.1, -0.05) is 0 Å². The highest BCUT2D eigenvalue weighted by atomic mass is 19.3. The van der Waals surface area contributed by atoms with E-state index in [1.54, 1.807) is 16.7 Å². The van der Waals surface area contributed by atoms with Gasteiger partial charge in [-0.2, -0.15) is 0 Å². The number of amides is 1. The summed E-state index contributed by atoms with van der Waals surface area (Å²) in [4.78, 5) is 28.0. The number of hydrogen-bond acceptors (Lipinski definition) is 6. The Morgan fingerprint density at radius 3 is 2.29 bits per heavy atom. The van der Waals surface area contributed by atoms with Crippen LogP contribution in [0, 0.1) is 5.92 Å². The molecular formula is C22H36F2N2O5. The van der Waals surface area contributed by atoms with Crippen molar-refractivity contribution in [2.45, 2.75) is 89.5 Å². The van der Waals surface area contributed by atoms with Gasteiger partial charge in [0.2, 0.25) is 0 Å². The van der Waals surface area contributed by atoms with Gasteiger partial charge in [-0.3, -0.25) is 9.69 Å². The highest BCUT2D eigenvalue weighted by molar-refractivity contribution is 5.72. The first kappa shape index (κ1) is 24.2. The zero-order chi connectivity index (χ0) is 22.8. The summed E-state index contributed by atoms with van der Waals surface area (Å²) >= 11 is 0. The highest BCUT2D eigenvalue weighted by Crippen LogP contribution is 2.34. The van der Waals surface area contributed by atoms with E-state index >= 15 is 0 Å². The van der Waals surface area contributed by atoms with Gasteiger partial charge in [0.1, 0.15) is 5.60 Å². The number of hydrogen-bond donors (Lipinski definition) is 0. The molecule has 0 bridgehead atoms. The van der Waals surface area contributed by atoms with Crippen LogP contribution < -0.4 is 0 Å². The summed E-state index contributed by atoms with van der Waals surface area (Å²) in [6.07, 6.45) is 3.19. The molecule has 1 aliphatic carbocycles. The fourth-order valence-corrected chi connectivity index (χ4v) is 4.64. The van der Waals surface area contributed by atoms with Crippen molar-refractivity contribution in [2.24, 2.45) is 5.92 Å². The standard InChI is InChI=1S/C22H36F2N2O5/c1-5-29-19(27)15-6-8-18(9-7-15)30-12-17-10-16(25-13-22(23,24)14-25)11-26(17)20(28)31-21(2,3)4/h15-18H,5-14H2,1-4H3/t15?,16-,17-,18?/m0/s1. The Morgan fingerprint density at radius 1 is 1.10 bits per heavy atom. The lowest BCUT2D eigenvalue weighted by Gasteiger charge is -2.42. The molecule has 0 N–H and O–H groups in total. The lowest BCUT2D eigenvalue weighted by molar-refractivity contribution is -0.150. The van der Waals surface area contributed by atoms with Crippen LogP contribution in [0.4, 0.5) is 13.6 Å². The molecule has 31 heavy (non-hydrogen) atoms. The lowest BCUT2D eigenvalue weighted by atomic mass is 9.87. The summed E-state index contributed by atoms with van der Waals surface area (Å²) in [5.41, 5.74) is -0.629. The third-order valence-corrected chi connectivity index (χ3v) is 6.22. The minimum atomic E-state index is -2.64. The van der Waals surface area contributed by atoms with Crippen LogP contribution in [-0.2, 0) is 19.0 Å². The van der Waals surface area contributed by atoms with E-state index in [1.807, 2.05) is 20.8 Å². The minimum Gasteiger partial charge on any atom is -0.466 e. The van der Waals surface area contributed by atoms with Crippen molar-refractivity contribution in [2.75, 3.05) is 32.8 Å². The van der Waals surface area contributed by atoms with Crippen molar-refractivity contribution < 1.29 is 32.6 Å². The Hall–Kier alpha value is -1.48. The van der Waals surface area contributed by atoms with Crippen molar-refractivity contribution in [1.29, 1.82) is 0 Å². The summed E-state index contributed by atoms with van der Waals surface area (Å²) < 4.78 is 43.4. The quantitative estimate of drug-likeness (QED) is 0.582. The lowest BCUT2D eigenvalue weighted by Crippen LogP contribution is -2.60. The van der Waals surface area contributed by atoms with Crippen molar-refractivity contribution in [3.05, 3.63) is 0 Å². The van der Waals surface area contributed by atoms with Gasteiger partial charge in [-0.15, -0.1) is 0 Å². The molecular weight excluding hydrogens is 410 g/mol. The smallest absolute Gasteiger partial charge is 0.410 e. The van der Waals surface area contributed by atoms with E-state index in [1.165, 1.54) is 0 Å². The molecule has 2 heterocycles. The van der Waals surface area contributed by atoms with E-state index in [-0.39, 0.29) is 43.2 Å². The second-order valence-corrected chi connectivity index (χ2v) is 10.00. The van der Waals surface area contributed by atoms with Gasteiger partial charge < -0.3 is 19.1 Å². The van der Waals surface area contributed by atoms with Gasteiger partial charge >= 0.3 is 12.1 Å². The number of carbonyl (C=O) groups is 2. The van der Waals surface area contributed by atoms with Crippen LogP contribution in [0.5, 0.6) is 0 Å². The van der Waals surface area contributed by atoms with Crippen molar-refractivity contribution >= 4 is 12.1 Å². The maximum Gasteiger partial charge on any atom is 0.410 e. The molecule has 3 aliphatic rings. The summed E-state index contributed by atoms with van der Waals surface area (Å²) in [5, 5.41) is 0. The summed E-state index contributed by atoms with van der Waals surface area (Å²) in [6.45, 7) is 7.81. The molecule has 0 aromatic rings. The average molecular weight is 447 g/mol. The van der Waals surface area contributed by atoms with Gasteiger partial charge in [0.05, 0.1) is 44.4 Å². The molecule has 3 rings (SSSR count). The molecule has 2 saturated heterocycles. The van der Waals surface area contributed by atoms with Crippen LogP contribution in [0.3, 0.4) is 0 Å². The number of rotatable bonds is 6. The molecule has 2 aliphatic heterocycles. The van der Waals surface area contributed by atoms with E-state index in [0.29, 0.717) is 26.2 Å². The van der Waals surface area contributed by atoms with Crippen LogP contribution in [0.2, 0.25) is 0 Å². The van der Waals surface area contributed by atoms with Gasteiger partial charge in [0.25, 0.3) is 5.92 Å². The molecule has 178 valence electrons. The second kappa shape index (κ2) is 9.57. The zero-order valence-corrected chi connectivity index (χ0v) is 19.1. The Balaban J connectivity index is 1.53. The van der Waals surface area contributed by atoms with Crippen molar-refractivity contribution in [3.63, 3.8) is 0 Å². The van der Waals surface area contributed by atoms with Crippen LogP contribution >= 0.6 is 0 Å². The van der Waals surface area contributed by atoms with Crippen molar-refractivity contribution in [3.8, 4) is 0 Å². The van der Waals surface area contributed by atoms with Gasteiger partial charge in [0.15, 0.2) is 0 Å². The summed E-state index contributed by atoms with van der Waals surface area (Å²) in [7, 11) is 0. The number of nitrogens with zero attached hydrogens (tertiary/aromatic N) is 2. The van der Waals surface area contributed by atoms with Crippen LogP contribution in [0.1, 0.15) is 59.8 Å². The topological polar surface area (TPSA) is 68.3 Å². The van der Waals surface area contributed by atoms with E-state index in [0.717, 1.165) is 25.7 Å². The van der Waals surface area contributed by atoms with Gasteiger partial charge in [-0.25, -0.2) is 13.6 Å². The first-order valence-electron chi connectivity index (χ1n) is 11.4. The van der Waals surface area contributed by atoms with E-state index in [9.17, 15) is 18.4 Å². The third-order valence-electron chi connectivity index (χ3n) is 6.22. The summed E-state index contributed by atoms with van der Waals surface area (Å²) in [6, 6.07) is -0.322. The number of halogens is 2. The fraction of sp³-hybridized carbons (Fsp3) is 0.909. The average Bonchev–Trinajstić information content (AvgIpc) is 3.08. The Labute approximate surface area is 183 Å². The maximum atomic E-state index is 13.3. The second-order valence-electron chi connectivity index (χ2n) is 10.00. The predicted octanol–water partition coefficient (Wildman–Crippen LogP) is 3.45. The van der Waals surface area contributed by atoms with Crippen LogP contribution in [-0.4, -0.2) is 84.4 Å². The number of esters is 1. The number of likely N-dealkylation sites (tertiary alicyclic amines) is 2. The first-order valence-corrected chi connectivity index (χ1v) is 11.4. The SMILES string of the molecule is CCOC(=O)C1CCC(OC[C@@H]2C[C@H](N3CC(F)(F)C3)CN2C(=O)OC(C)(C)C)CC1. The first-order chi connectivity index (χ1) is 14.5. The Kier molecular flexibility index (Phi) is 7.46. The molecule has 0 spiro atoms. The normalized spacial score (nSPS) is 31.2. The Bertz CT molecular complexity index is 638. The summed E-state index contributed by atoms with van der Waals surface area (Å²) in [5.74, 6) is -2.84. The van der Waals surface area contributed by atoms with Gasteiger partial charge in [-0.05, 0) is 59.8 Å². The minimum absolute atomic E-state index is 0.0264. The van der Waals surface area contributed by atoms with E-state index in [2.05, 4.69) is 0 Å². The van der Waals surface area contributed by atoms with Crippen LogP contribution in [0.25, 0.3) is 0 Å². The molecule has 0 radical (unpaired) electrons. The number of alkyl halides is 2. The molecule has 0 aromatic heterocycles. The molecule has 1 saturated carbocycles. The molecule has 9 heteroatoms. The number of ether oxygens (including phenoxy) is 3. The largest absolute Gasteiger partial charge is 0.466 e. The third kappa shape index (κ3) is 6.51. The molecule has 3 fully saturated rings. The maximum absolute atomic E-state index is 13.3. The monoisotopic (exact) mass is 446 g/mol. The van der Waals surface area contributed by atoms with Crippen LogP contribution in [0.15, 0.2) is 0 Å². The van der Waals surface area contributed by atoms with Gasteiger partial charge in [0, 0.05) is 12.6 Å². The molecule has 0 unspecified atom stereocenters. The molecule has 2 atom stereocenters. The molecule has 1 amide bonds. The van der Waals surface area contributed by atoms with Crippen molar-refractivity contribution in [1.82, 2.24) is 9.80 Å². The Morgan fingerprint density at radius 2 is 1.74 bits per heavy atom. The number of carbonyl (C=O) groups excluding carboxylic acids is 2. The molecule has 0 aromatic carbocycles. The zero-order valence-electron chi connectivity index (χ0n) is 19.1. The van der Waals surface area contributed by atoms with E-state index < -0.39 is 17.6 Å². The highest BCUT2D eigenvalue weighted by Gasteiger charge is 2.50. The van der Waals surface area contributed by atoms with E-state index in [4.69, 9.17) is 14.2 Å². The fourth-order valence-electron chi connectivity index (χ4n) is 4.64. The molecule has 7 nitrogen and oxygen atoms in total. The predicted molar refractivity (Wildman–Crippen MR) is 110 cm³/mol.